The van der Waals surface area contributed by atoms with Gasteiger partial charge in [0.2, 0.25) is 0 Å². The lowest BCUT2D eigenvalue weighted by Gasteiger charge is -2.27. The van der Waals surface area contributed by atoms with Gasteiger partial charge in [-0.3, -0.25) is 9.48 Å². The Morgan fingerprint density at radius 2 is 2.33 bits per heavy atom. The summed E-state index contributed by atoms with van der Waals surface area (Å²) in [6.45, 7) is 0.639. The molecule has 21 heavy (non-hydrogen) atoms. The zero-order chi connectivity index (χ0) is 15.6. The Morgan fingerprint density at radius 1 is 1.62 bits per heavy atom. The van der Waals surface area contributed by atoms with Crippen LogP contribution in [0.1, 0.15) is 16.9 Å². The summed E-state index contributed by atoms with van der Waals surface area (Å²) < 4.78 is 29.7. The Balaban J connectivity index is 2.23. The second-order valence-electron chi connectivity index (χ2n) is 5.15. The van der Waals surface area contributed by atoms with Crippen molar-refractivity contribution in [2.45, 2.75) is 12.5 Å². The lowest BCUT2D eigenvalue weighted by atomic mass is 10.2. The van der Waals surface area contributed by atoms with Crippen LogP contribution in [0.3, 0.4) is 0 Å². The molecule has 8 nitrogen and oxygen atoms in total. The van der Waals surface area contributed by atoms with Crippen LogP contribution in [0, 0.1) is 0 Å². The van der Waals surface area contributed by atoms with Gasteiger partial charge in [-0.1, -0.05) is 0 Å². The zero-order valence-corrected chi connectivity index (χ0v) is 13.0. The minimum Gasteiger partial charge on any atom is -0.396 e. The normalized spacial score (nSPS) is 20.6. The molecule has 0 bridgehead atoms. The van der Waals surface area contributed by atoms with Gasteiger partial charge in [-0.25, -0.2) is 8.42 Å². The number of anilines is 1. The molecule has 1 aromatic rings. The molecule has 2 N–H and O–H groups in total. The Labute approximate surface area is 123 Å². The maximum absolute atomic E-state index is 12.6. The third-order valence-electron chi connectivity index (χ3n) is 3.51. The van der Waals surface area contributed by atoms with E-state index in [-0.39, 0.29) is 34.8 Å². The van der Waals surface area contributed by atoms with Crippen LogP contribution in [0.25, 0.3) is 0 Å². The van der Waals surface area contributed by atoms with Crippen LogP contribution in [-0.2, 0) is 21.6 Å². The van der Waals surface area contributed by atoms with Crippen LogP contribution in [0.5, 0.6) is 0 Å². The first-order chi connectivity index (χ1) is 9.84. The van der Waals surface area contributed by atoms with Gasteiger partial charge in [0, 0.05) is 32.9 Å². The smallest absolute Gasteiger partial charge is 0.276 e. The largest absolute Gasteiger partial charge is 0.396 e. The molecule has 1 fully saturated rings. The highest BCUT2D eigenvalue weighted by molar-refractivity contribution is 7.91. The average molecular weight is 316 g/mol. The maximum atomic E-state index is 12.6. The molecule has 2 heterocycles. The van der Waals surface area contributed by atoms with E-state index in [1.807, 2.05) is 0 Å². The molecule has 0 aromatic carbocycles. The summed E-state index contributed by atoms with van der Waals surface area (Å²) in [4.78, 5) is 14.1. The monoisotopic (exact) mass is 316 g/mol. The van der Waals surface area contributed by atoms with Crippen LogP contribution in [0.4, 0.5) is 5.69 Å². The summed E-state index contributed by atoms with van der Waals surface area (Å²) in [6.07, 6.45) is 1.98. The van der Waals surface area contributed by atoms with Crippen molar-refractivity contribution in [1.29, 1.82) is 0 Å². The molecule has 1 saturated heterocycles. The molecule has 9 heteroatoms. The summed E-state index contributed by atoms with van der Waals surface area (Å²) in [5.74, 6) is -0.270. The molecule has 118 valence electrons. The van der Waals surface area contributed by atoms with Gasteiger partial charge in [-0.05, 0) is 6.42 Å². The van der Waals surface area contributed by atoms with E-state index in [1.54, 1.807) is 13.2 Å². The topological polar surface area (TPSA) is 108 Å². The van der Waals surface area contributed by atoms with Crippen LogP contribution in [0.2, 0.25) is 0 Å². The highest BCUT2D eigenvalue weighted by atomic mass is 32.2. The number of rotatable bonds is 5. The molecule has 1 unspecified atom stereocenters. The number of carbonyl (C=O) groups excluding carboxylic acids is 1. The molecule has 0 saturated carbocycles. The number of hydrogen-bond acceptors (Lipinski definition) is 6. The summed E-state index contributed by atoms with van der Waals surface area (Å²) in [5, 5.41) is 4.06. The van der Waals surface area contributed by atoms with Gasteiger partial charge in [-0.15, -0.1) is 0 Å². The van der Waals surface area contributed by atoms with Crippen molar-refractivity contribution in [1.82, 2.24) is 14.7 Å². The molecule has 1 atom stereocenters. The number of aryl methyl sites for hydroxylation is 1. The first kappa shape index (κ1) is 15.8. The van der Waals surface area contributed by atoms with E-state index >= 15 is 0 Å². The Hall–Kier alpha value is -1.61. The number of methoxy groups -OCH3 is 1. The van der Waals surface area contributed by atoms with Gasteiger partial charge >= 0.3 is 0 Å². The predicted octanol–water partition coefficient (Wildman–Crippen LogP) is -0.722. The highest BCUT2D eigenvalue weighted by Crippen LogP contribution is 2.21. The van der Waals surface area contributed by atoms with E-state index in [4.69, 9.17) is 10.5 Å². The number of aromatic nitrogens is 2. The number of nitrogens with zero attached hydrogens (tertiary/aromatic N) is 3. The van der Waals surface area contributed by atoms with Gasteiger partial charge in [0.15, 0.2) is 15.5 Å². The molecule has 1 aromatic heterocycles. The van der Waals surface area contributed by atoms with E-state index in [0.717, 1.165) is 0 Å². The number of amides is 1. The van der Waals surface area contributed by atoms with Crippen molar-refractivity contribution < 1.29 is 17.9 Å². The maximum Gasteiger partial charge on any atom is 0.276 e. The van der Waals surface area contributed by atoms with Crippen LogP contribution < -0.4 is 5.73 Å². The van der Waals surface area contributed by atoms with Crippen LogP contribution in [0.15, 0.2) is 6.20 Å². The number of nitrogen functional groups attached to an aromatic ring is 1. The number of hydrogen-bond donors (Lipinski definition) is 1. The molecular formula is C12H20N4O4S. The number of nitrogens with two attached hydrogens (primary N) is 1. The Morgan fingerprint density at radius 3 is 2.81 bits per heavy atom. The molecule has 1 amide bonds. The van der Waals surface area contributed by atoms with Crippen molar-refractivity contribution in [2.24, 2.45) is 7.05 Å². The van der Waals surface area contributed by atoms with Crippen molar-refractivity contribution in [3.05, 3.63) is 11.9 Å². The summed E-state index contributed by atoms with van der Waals surface area (Å²) in [7, 11) is 0.126. The standard InChI is InChI=1S/C12H20N4O4S/c1-15-7-10(13)11(14-15)12(17)16(4-5-20-2)9-3-6-21(18,19)8-9/h7,9H,3-6,8,13H2,1-2H3. The molecule has 0 aliphatic carbocycles. The Kier molecular flexibility index (Phi) is 4.52. The average Bonchev–Trinajstić information content (AvgIpc) is 2.92. The minimum atomic E-state index is -3.08. The summed E-state index contributed by atoms with van der Waals surface area (Å²) in [6, 6.07) is -0.348. The number of sulfone groups is 1. The second kappa shape index (κ2) is 6.02. The summed E-state index contributed by atoms with van der Waals surface area (Å²) in [5.41, 5.74) is 6.21. The van der Waals surface area contributed by atoms with Gasteiger partial charge < -0.3 is 15.4 Å². The zero-order valence-electron chi connectivity index (χ0n) is 12.2. The fraction of sp³-hybridized carbons (Fsp3) is 0.667. The third kappa shape index (κ3) is 3.53. The van der Waals surface area contributed by atoms with Crippen molar-refractivity contribution in [2.75, 3.05) is 37.5 Å². The fourth-order valence-corrected chi connectivity index (χ4v) is 4.20. The lowest BCUT2D eigenvalue weighted by molar-refractivity contribution is 0.0619. The first-order valence-corrected chi connectivity index (χ1v) is 8.45. The molecule has 1 aliphatic rings. The van der Waals surface area contributed by atoms with Gasteiger partial charge in [0.1, 0.15) is 0 Å². The molecular weight excluding hydrogens is 296 g/mol. The third-order valence-corrected chi connectivity index (χ3v) is 5.26. The van der Waals surface area contributed by atoms with Crippen molar-refractivity contribution in [3.8, 4) is 0 Å². The fourth-order valence-electron chi connectivity index (χ4n) is 2.47. The lowest BCUT2D eigenvalue weighted by Crippen LogP contribution is -2.43. The van der Waals surface area contributed by atoms with E-state index in [0.29, 0.717) is 19.6 Å². The molecule has 0 radical (unpaired) electrons. The van der Waals surface area contributed by atoms with E-state index in [2.05, 4.69) is 5.10 Å². The van der Waals surface area contributed by atoms with Gasteiger partial charge in [0.05, 0.1) is 23.8 Å². The van der Waals surface area contributed by atoms with E-state index in [1.165, 1.54) is 16.7 Å². The van der Waals surface area contributed by atoms with Crippen LogP contribution >= 0.6 is 0 Å². The van der Waals surface area contributed by atoms with E-state index < -0.39 is 9.84 Å². The number of carbonyl (C=O) groups is 1. The minimum absolute atomic E-state index is 0.0187. The van der Waals surface area contributed by atoms with Gasteiger partial charge in [0.25, 0.3) is 5.91 Å². The molecule has 0 spiro atoms. The van der Waals surface area contributed by atoms with Gasteiger partial charge in [-0.2, -0.15) is 5.10 Å². The molecule has 1 aliphatic heterocycles. The second-order valence-corrected chi connectivity index (χ2v) is 7.38. The SMILES string of the molecule is COCCN(C(=O)c1nn(C)cc1N)C1CCS(=O)(=O)C1. The van der Waals surface area contributed by atoms with Crippen molar-refractivity contribution >= 4 is 21.4 Å². The predicted molar refractivity (Wildman–Crippen MR) is 77.6 cm³/mol. The van der Waals surface area contributed by atoms with Crippen LogP contribution in [-0.4, -0.2) is 66.8 Å². The van der Waals surface area contributed by atoms with Crippen molar-refractivity contribution in [3.63, 3.8) is 0 Å². The Bertz CT molecular complexity index is 625. The number of ether oxygens (including phenoxy) is 1. The van der Waals surface area contributed by atoms with E-state index in [9.17, 15) is 13.2 Å². The summed E-state index contributed by atoms with van der Waals surface area (Å²) >= 11 is 0. The quantitative estimate of drug-likeness (QED) is 0.768. The highest BCUT2D eigenvalue weighted by Gasteiger charge is 2.36. The first-order valence-electron chi connectivity index (χ1n) is 6.63. The molecule has 2 rings (SSSR count).